The molecular weight excluding hydrogens is 334 g/mol. The average Bonchev–Trinajstić information content (AvgIpc) is 2.73. The van der Waals surface area contributed by atoms with Crippen molar-refractivity contribution in [3.63, 3.8) is 0 Å². The Kier molecular flexibility index (Phi) is 4.80. The number of rotatable bonds is 3. The van der Waals surface area contributed by atoms with Crippen molar-refractivity contribution in [1.29, 1.82) is 0 Å². The summed E-state index contributed by atoms with van der Waals surface area (Å²) in [4.78, 5) is 21.8. The lowest BCUT2D eigenvalue weighted by Gasteiger charge is -2.35. The summed E-state index contributed by atoms with van der Waals surface area (Å²) in [7, 11) is 0. The van der Waals surface area contributed by atoms with E-state index in [0.29, 0.717) is 5.92 Å². The highest BCUT2D eigenvalue weighted by Gasteiger charge is 2.23. The summed E-state index contributed by atoms with van der Waals surface area (Å²) in [5, 5.41) is 1.15. The number of carbonyl (C=O) groups is 1. The van der Waals surface area contributed by atoms with E-state index in [2.05, 4.69) is 49.1 Å². The van der Waals surface area contributed by atoms with Gasteiger partial charge in [-0.2, -0.15) is 0 Å². The average molecular weight is 359 g/mol. The van der Waals surface area contributed by atoms with Crippen LogP contribution in [0.15, 0.2) is 60.7 Å². The van der Waals surface area contributed by atoms with Crippen LogP contribution in [0.2, 0.25) is 0 Å². The molecule has 4 heteroatoms. The van der Waals surface area contributed by atoms with Gasteiger partial charge in [0.15, 0.2) is 0 Å². The molecule has 4 nitrogen and oxygen atoms in total. The first-order valence-electron chi connectivity index (χ1n) is 9.62. The molecule has 2 heterocycles. The molecule has 0 radical (unpaired) electrons. The fourth-order valence-corrected chi connectivity index (χ4v) is 3.56. The second kappa shape index (κ2) is 7.39. The van der Waals surface area contributed by atoms with Crippen molar-refractivity contribution in [2.75, 3.05) is 31.1 Å². The highest BCUT2D eigenvalue weighted by atomic mass is 16.2. The zero-order chi connectivity index (χ0) is 18.8. The van der Waals surface area contributed by atoms with E-state index in [4.69, 9.17) is 4.98 Å². The van der Waals surface area contributed by atoms with Gasteiger partial charge in [-0.05, 0) is 41.8 Å². The molecule has 1 aliphatic rings. The van der Waals surface area contributed by atoms with E-state index in [9.17, 15) is 4.79 Å². The first-order chi connectivity index (χ1) is 13.1. The van der Waals surface area contributed by atoms with Gasteiger partial charge in [0.1, 0.15) is 5.82 Å². The van der Waals surface area contributed by atoms with Crippen LogP contribution in [0.1, 0.15) is 35.7 Å². The number of pyridine rings is 1. The zero-order valence-corrected chi connectivity index (χ0v) is 15.9. The third-order valence-electron chi connectivity index (χ3n) is 5.30. The van der Waals surface area contributed by atoms with Crippen molar-refractivity contribution in [2.45, 2.75) is 19.8 Å². The molecule has 27 heavy (non-hydrogen) atoms. The Hall–Kier alpha value is -2.88. The molecule has 0 saturated carbocycles. The molecule has 138 valence electrons. The summed E-state index contributed by atoms with van der Waals surface area (Å²) in [6.07, 6.45) is 0. The Bertz CT molecular complexity index is 941. The number of nitrogens with zero attached hydrogens (tertiary/aromatic N) is 3. The third kappa shape index (κ3) is 3.65. The molecule has 1 aliphatic heterocycles. The number of para-hydroxylation sites is 1. The molecule has 0 N–H and O–H groups in total. The fraction of sp³-hybridized carbons (Fsp3) is 0.304. The first-order valence-corrected chi connectivity index (χ1v) is 9.62. The maximum atomic E-state index is 12.8. The second-order valence-corrected chi connectivity index (χ2v) is 7.42. The van der Waals surface area contributed by atoms with Crippen molar-refractivity contribution < 1.29 is 4.79 Å². The van der Waals surface area contributed by atoms with Crippen molar-refractivity contribution in [1.82, 2.24) is 9.88 Å². The molecule has 3 aromatic rings. The molecule has 0 atom stereocenters. The Morgan fingerprint density at radius 1 is 0.889 bits per heavy atom. The lowest BCUT2D eigenvalue weighted by molar-refractivity contribution is 0.0746. The quantitative estimate of drug-likeness (QED) is 0.699. The van der Waals surface area contributed by atoms with Gasteiger partial charge in [-0.3, -0.25) is 4.79 Å². The van der Waals surface area contributed by atoms with Gasteiger partial charge in [0.2, 0.25) is 0 Å². The Labute approximate surface area is 160 Å². The molecule has 1 amide bonds. The van der Waals surface area contributed by atoms with Gasteiger partial charge in [0.05, 0.1) is 5.52 Å². The molecule has 2 aromatic carbocycles. The van der Waals surface area contributed by atoms with E-state index < -0.39 is 0 Å². The summed E-state index contributed by atoms with van der Waals surface area (Å²) in [6.45, 7) is 7.38. The van der Waals surface area contributed by atoms with Crippen LogP contribution in [0.25, 0.3) is 10.9 Å². The predicted octanol–water partition coefficient (Wildman–Crippen LogP) is 4.32. The Balaban J connectivity index is 1.42. The molecule has 4 rings (SSSR count). The monoisotopic (exact) mass is 359 g/mol. The molecule has 0 aliphatic carbocycles. The fourth-order valence-electron chi connectivity index (χ4n) is 3.56. The number of hydrogen-bond acceptors (Lipinski definition) is 3. The van der Waals surface area contributed by atoms with E-state index >= 15 is 0 Å². The van der Waals surface area contributed by atoms with Crippen LogP contribution in [0, 0.1) is 0 Å². The minimum absolute atomic E-state index is 0.122. The third-order valence-corrected chi connectivity index (χ3v) is 5.30. The van der Waals surface area contributed by atoms with Gasteiger partial charge < -0.3 is 9.80 Å². The maximum absolute atomic E-state index is 12.8. The maximum Gasteiger partial charge on any atom is 0.253 e. The molecule has 0 spiro atoms. The molecule has 0 unspecified atom stereocenters. The Morgan fingerprint density at radius 2 is 1.59 bits per heavy atom. The lowest BCUT2D eigenvalue weighted by atomic mass is 10.0. The van der Waals surface area contributed by atoms with Crippen LogP contribution >= 0.6 is 0 Å². The summed E-state index contributed by atoms with van der Waals surface area (Å²) in [5.74, 6) is 1.59. The normalized spacial score (nSPS) is 14.8. The van der Waals surface area contributed by atoms with Crippen molar-refractivity contribution >= 4 is 22.6 Å². The molecule has 1 aromatic heterocycles. The van der Waals surface area contributed by atoms with E-state index in [-0.39, 0.29) is 5.91 Å². The number of piperazine rings is 1. The zero-order valence-electron chi connectivity index (χ0n) is 15.9. The van der Waals surface area contributed by atoms with Crippen LogP contribution in [0.3, 0.4) is 0 Å². The van der Waals surface area contributed by atoms with E-state index in [1.54, 1.807) is 0 Å². The predicted molar refractivity (Wildman–Crippen MR) is 110 cm³/mol. The molecule has 0 bridgehead atoms. The van der Waals surface area contributed by atoms with E-state index in [1.165, 1.54) is 5.56 Å². The van der Waals surface area contributed by atoms with Crippen molar-refractivity contribution in [3.8, 4) is 0 Å². The van der Waals surface area contributed by atoms with Gasteiger partial charge in [0.25, 0.3) is 5.91 Å². The van der Waals surface area contributed by atoms with Crippen molar-refractivity contribution in [3.05, 3.63) is 71.8 Å². The van der Waals surface area contributed by atoms with Crippen LogP contribution in [-0.2, 0) is 0 Å². The summed E-state index contributed by atoms with van der Waals surface area (Å²) < 4.78 is 0. The van der Waals surface area contributed by atoms with Crippen LogP contribution < -0.4 is 4.90 Å². The molecular formula is C23H25N3O. The number of anilines is 1. The van der Waals surface area contributed by atoms with Gasteiger partial charge in [-0.25, -0.2) is 4.98 Å². The second-order valence-electron chi connectivity index (χ2n) is 7.42. The highest BCUT2D eigenvalue weighted by molar-refractivity contribution is 5.94. The number of amides is 1. The topological polar surface area (TPSA) is 36.4 Å². The van der Waals surface area contributed by atoms with Gasteiger partial charge in [0, 0.05) is 37.1 Å². The summed E-state index contributed by atoms with van der Waals surface area (Å²) in [5.41, 5.74) is 3.05. The largest absolute Gasteiger partial charge is 0.353 e. The van der Waals surface area contributed by atoms with E-state index in [0.717, 1.165) is 48.5 Å². The van der Waals surface area contributed by atoms with Crippen LogP contribution in [0.5, 0.6) is 0 Å². The van der Waals surface area contributed by atoms with Gasteiger partial charge in [-0.15, -0.1) is 0 Å². The Morgan fingerprint density at radius 3 is 2.30 bits per heavy atom. The number of carbonyl (C=O) groups excluding carboxylic acids is 1. The molecule has 1 saturated heterocycles. The first kappa shape index (κ1) is 17.5. The van der Waals surface area contributed by atoms with Gasteiger partial charge >= 0.3 is 0 Å². The van der Waals surface area contributed by atoms with Crippen LogP contribution in [-0.4, -0.2) is 42.0 Å². The minimum Gasteiger partial charge on any atom is -0.353 e. The molecule has 1 fully saturated rings. The number of aromatic nitrogens is 1. The van der Waals surface area contributed by atoms with Crippen LogP contribution in [0.4, 0.5) is 5.82 Å². The summed E-state index contributed by atoms with van der Waals surface area (Å²) in [6, 6.07) is 20.4. The number of fused-ring (bicyclic) bond motifs is 1. The smallest absolute Gasteiger partial charge is 0.253 e. The SMILES string of the molecule is CC(C)c1ccc(C(=O)N2CCN(c3ccc4ccccc4n3)CC2)cc1. The summed E-state index contributed by atoms with van der Waals surface area (Å²) >= 11 is 0. The standard InChI is InChI=1S/C23H25N3O/c1-17(2)18-7-9-20(10-8-18)23(27)26-15-13-25(14-16-26)22-12-11-19-5-3-4-6-21(19)24-22/h3-12,17H,13-16H2,1-2H3. The van der Waals surface area contributed by atoms with Gasteiger partial charge in [-0.1, -0.05) is 44.2 Å². The minimum atomic E-state index is 0.122. The lowest BCUT2D eigenvalue weighted by Crippen LogP contribution is -2.49. The van der Waals surface area contributed by atoms with E-state index in [1.807, 2.05) is 35.2 Å². The highest BCUT2D eigenvalue weighted by Crippen LogP contribution is 2.20. The van der Waals surface area contributed by atoms with Crippen molar-refractivity contribution in [2.24, 2.45) is 0 Å². The number of hydrogen-bond donors (Lipinski definition) is 0. The number of benzene rings is 2.